The molecule has 0 bridgehead atoms. The Balaban J connectivity index is 2.04. The van der Waals surface area contributed by atoms with Crippen LogP contribution in [0.5, 0.6) is 5.75 Å². The molecule has 0 radical (unpaired) electrons. The van der Waals surface area contributed by atoms with Crippen LogP contribution in [0.15, 0.2) is 36.4 Å². The molecule has 104 valence electrons. The van der Waals surface area contributed by atoms with Gasteiger partial charge in [-0.2, -0.15) is 0 Å². The van der Waals surface area contributed by atoms with E-state index in [0.717, 1.165) is 19.3 Å². The highest BCUT2D eigenvalue weighted by atomic mass is 16.6. The zero-order chi connectivity index (χ0) is 14.1. The zero-order valence-electron chi connectivity index (χ0n) is 10.9. The van der Waals surface area contributed by atoms with Crippen molar-refractivity contribution in [3.8, 4) is 5.75 Å². The van der Waals surface area contributed by atoms with Gasteiger partial charge in [0, 0.05) is 11.5 Å². The number of nitro benzene ring substituents is 1. The highest BCUT2D eigenvalue weighted by Crippen LogP contribution is 2.35. The first-order valence-electron chi connectivity index (χ1n) is 6.67. The molecule has 1 fully saturated rings. The van der Waals surface area contributed by atoms with Crippen molar-refractivity contribution in [2.24, 2.45) is 0 Å². The van der Waals surface area contributed by atoms with Crippen molar-refractivity contribution in [1.82, 2.24) is 0 Å². The van der Waals surface area contributed by atoms with E-state index in [2.05, 4.69) is 0 Å². The van der Waals surface area contributed by atoms with Crippen LogP contribution in [0.4, 0.5) is 5.69 Å². The number of aliphatic hydroxyl groups is 1. The molecule has 0 amide bonds. The second-order valence-corrected chi connectivity index (χ2v) is 5.04. The second kappa shape index (κ2) is 5.09. The normalized spacial score (nSPS) is 22.1. The number of nitro groups is 1. The van der Waals surface area contributed by atoms with Gasteiger partial charge in [-0.25, -0.2) is 0 Å². The first-order valence-corrected chi connectivity index (χ1v) is 6.67. The summed E-state index contributed by atoms with van der Waals surface area (Å²) in [6, 6.07) is 10.2. The van der Waals surface area contributed by atoms with Crippen LogP contribution in [0, 0.1) is 10.1 Å². The summed E-state index contributed by atoms with van der Waals surface area (Å²) in [6.45, 7) is 0. The molecule has 1 aliphatic rings. The summed E-state index contributed by atoms with van der Waals surface area (Å²) in [5.74, 6) is 0.595. The van der Waals surface area contributed by atoms with Crippen LogP contribution in [0.2, 0.25) is 0 Å². The number of hydrogen-bond donors (Lipinski definition) is 1. The molecule has 20 heavy (non-hydrogen) atoms. The summed E-state index contributed by atoms with van der Waals surface area (Å²) in [6.07, 6.45) is 1.82. The van der Waals surface area contributed by atoms with E-state index in [0.29, 0.717) is 16.5 Å². The molecule has 0 saturated heterocycles. The molecule has 2 atom stereocenters. The predicted molar refractivity (Wildman–Crippen MR) is 74.9 cm³/mol. The molecule has 5 heteroatoms. The summed E-state index contributed by atoms with van der Waals surface area (Å²) in [5, 5.41) is 22.1. The standard InChI is InChI=1S/C15H15NO4/c17-13-6-3-7-15(13)20-14-9-8-12(16(18)19)10-4-1-2-5-11(10)14/h1-2,4-5,8-9,13,15,17H,3,6-7H2. The minimum atomic E-state index is -0.455. The SMILES string of the molecule is O=[N+]([O-])c1ccc(OC2CCCC2O)c2ccccc12. The van der Waals surface area contributed by atoms with Gasteiger partial charge in [0.15, 0.2) is 0 Å². The van der Waals surface area contributed by atoms with Crippen LogP contribution >= 0.6 is 0 Å². The lowest BCUT2D eigenvalue weighted by Crippen LogP contribution is -2.25. The molecule has 1 aliphatic carbocycles. The van der Waals surface area contributed by atoms with Crippen molar-refractivity contribution in [2.75, 3.05) is 0 Å². The molecular weight excluding hydrogens is 258 g/mol. The minimum absolute atomic E-state index is 0.0694. The monoisotopic (exact) mass is 273 g/mol. The Morgan fingerprint density at radius 3 is 2.55 bits per heavy atom. The lowest BCUT2D eigenvalue weighted by molar-refractivity contribution is -0.383. The van der Waals surface area contributed by atoms with Crippen molar-refractivity contribution in [1.29, 1.82) is 0 Å². The maximum absolute atomic E-state index is 11.0. The summed E-state index contributed by atoms with van der Waals surface area (Å²) in [4.78, 5) is 10.7. The minimum Gasteiger partial charge on any atom is -0.487 e. The molecule has 1 saturated carbocycles. The van der Waals surface area contributed by atoms with Crippen molar-refractivity contribution < 1.29 is 14.8 Å². The van der Waals surface area contributed by atoms with Gasteiger partial charge < -0.3 is 9.84 Å². The Bertz CT molecular complexity index is 655. The van der Waals surface area contributed by atoms with Crippen molar-refractivity contribution >= 4 is 16.5 Å². The van der Waals surface area contributed by atoms with Crippen molar-refractivity contribution in [2.45, 2.75) is 31.5 Å². The van der Waals surface area contributed by atoms with E-state index in [-0.39, 0.29) is 11.8 Å². The predicted octanol–water partition coefficient (Wildman–Crippen LogP) is 3.04. The fourth-order valence-corrected chi connectivity index (χ4v) is 2.72. The van der Waals surface area contributed by atoms with Gasteiger partial charge in [0.05, 0.1) is 16.4 Å². The summed E-state index contributed by atoms with van der Waals surface area (Å²) in [5.41, 5.74) is 0.0694. The number of fused-ring (bicyclic) bond motifs is 1. The van der Waals surface area contributed by atoms with Crippen LogP contribution in [-0.2, 0) is 0 Å². The van der Waals surface area contributed by atoms with Gasteiger partial charge in [0.2, 0.25) is 0 Å². The third-order valence-electron chi connectivity index (χ3n) is 3.75. The van der Waals surface area contributed by atoms with E-state index in [1.165, 1.54) is 6.07 Å². The van der Waals surface area contributed by atoms with E-state index < -0.39 is 11.0 Å². The second-order valence-electron chi connectivity index (χ2n) is 5.04. The summed E-state index contributed by atoms with van der Waals surface area (Å²) in [7, 11) is 0. The molecule has 0 aromatic heterocycles. The van der Waals surface area contributed by atoms with Crippen LogP contribution in [0.25, 0.3) is 10.8 Å². The fourth-order valence-electron chi connectivity index (χ4n) is 2.72. The van der Waals surface area contributed by atoms with Crippen LogP contribution in [-0.4, -0.2) is 22.2 Å². The Labute approximate surface area is 115 Å². The Kier molecular flexibility index (Phi) is 3.28. The van der Waals surface area contributed by atoms with Crippen molar-refractivity contribution in [3.05, 3.63) is 46.5 Å². The van der Waals surface area contributed by atoms with Crippen LogP contribution in [0.3, 0.4) is 0 Å². The molecule has 2 aromatic carbocycles. The number of rotatable bonds is 3. The van der Waals surface area contributed by atoms with E-state index in [4.69, 9.17) is 4.74 Å². The van der Waals surface area contributed by atoms with E-state index >= 15 is 0 Å². The first-order chi connectivity index (χ1) is 9.66. The topological polar surface area (TPSA) is 72.6 Å². The van der Waals surface area contributed by atoms with Gasteiger partial charge in [-0.05, 0) is 31.4 Å². The molecular formula is C15H15NO4. The number of benzene rings is 2. The van der Waals surface area contributed by atoms with Gasteiger partial charge in [-0.1, -0.05) is 18.2 Å². The number of non-ortho nitro benzene ring substituents is 1. The summed E-state index contributed by atoms with van der Waals surface area (Å²) < 4.78 is 5.86. The third-order valence-corrected chi connectivity index (χ3v) is 3.75. The van der Waals surface area contributed by atoms with Gasteiger partial charge in [-0.3, -0.25) is 10.1 Å². The molecule has 3 rings (SSSR count). The van der Waals surface area contributed by atoms with Crippen LogP contribution in [0.1, 0.15) is 19.3 Å². The van der Waals surface area contributed by atoms with Gasteiger partial charge in [0.25, 0.3) is 5.69 Å². The van der Waals surface area contributed by atoms with Crippen LogP contribution < -0.4 is 4.74 Å². The average Bonchev–Trinajstić information content (AvgIpc) is 2.84. The highest BCUT2D eigenvalue weighted by Gasteiger charge is 2.27. The third kappa shape index (κ3) is 2.20. The van der Waals surface area contributed by atoms with Gasteiger partial charge in [0.1, 0.15) is 11.9 Å². The average molecular weight is 273 g/mol. The zero-order valence-corrected chi connectivity index (χ0v) is 10.9. The molecule has 0 spiro atoms. The first kappa shape index (κ1) is 12.9. The maximum Gasteiger partial charge on any atom is 0.277 e. The highest BCUT2D eigenvalue weighted by molar-refractivity contribution is 5.95. The number of aliphatic hydroxyl groups excluding tert-OH is 1. The Morgan fingerprint density at radius 2 is 1.90 bits per heavy atom. The van der Waals surface area contributed by atoms with E-state index in [1.807, 2.05) is 6.07 Å². The van der Waals surface area contributed by atoms with E-state index in [9.17, 15) is 15.2 Å². The lowest BCUT2D eigenvalue weighted by atomic mass is 10.1. The smallest absolute Gasteiger partial charge is 0.277 e. The number of hydrogen-bond acceptors (Lipinski definition) is 4. The molecule has 0 aliphatic heterocycles. The van der Waals surface area contributed by atoms with Crippen molar-refractivity contribution in [3.63, 3.8) is 0 Å². The molecule has 0 heterocycles. The maximum atomic E-state index is 11.0. The largest absolute Gasteiger partial charge is 0.487 e. The summed E-state index contributed by atoms with van der Waals surface area (Å²) >= 11 is 0. The fraction of sp³-hybridized carbons (Fsp3) is 0.333. The van der Waals surface area contributed by atoms with Gasteiger partial charge >= 0.3 is 0 Å². The molecule has 2 aromatic rings. The number of ether oxygens (including phenoxy) is 1. The molecule has 2 unspecified atom stereocenters. The number of nitrogens with zero attached hydrogens (tertiary/aromatic N) is 1. The Hall–Kier alpha value is -2.14. The van der Waals surface area contributed by atoms with E-state index in [1.54, 1.807) is 24.3 Å². The lowest BCUT2D eigenvalue weighted by Gasteiger charge is -2.18. The Morgan fingerprint density at radius 1 is 1.15 bits per heavy atom. The molecule has 1 N–H and O–H groups in total. The van der Waals surface area contributed by atoms with Gasteiger partial charge in [-0.15, -0.1) is 0 Å². The molecule has 5 nitrogen and oxygen atoms in total. The quantitative estimate of drug-likeness (QED) is 0.689.